The van der Waals surface area contributed by atoms with Crippen LogP contribution in [0.2, 0.25) is 0 Å². The summed E-state index contributed by atoms with van der Waals surface area (Å²) >= 11 is 0. The van der Waals surface area contributed by atoms with Gasteiger partial charge in [0, 0.05) is 0 Å². The second-order valence-corrected chi connectivity index (χ2v) is 2.99. The van der Waals surface area contributed by atoms with Crippen LogP contribution in [0.3, 0.4) is 0 Å². The molecule has 6 heteroatoms. The molecule has 1 aromatic rings. The number of nitrogens with zero attached hydrogens (tertiary/aromatic N) is 1. The van der Waals surface area contributed by atoms with Crippen LogP contribution in [0.25, 0.3) is 0 Å². The second-order valence-electron chi connectivity index (χ2n) is 2.99. The third-order valence-electron chi connectivity index (χ3n) is 1.95. The number of nitriles is 1. The lowest BCUT2D eigenvalue weighted by atomic mass is 10.0. The van der Waals surface area contributed by atoms with Gasteiger partial charge in [-0.2, -0.15) is 5.26 Å². The van der Waals surface area contributed by atoms with Crippen LogP contribution >= 0.6 is 0 Å². The van der Waals surface area contributed by atoms with Gasteiger partial charge in [-0.1, -0.05) is 12.1 Å². The van der Waals surface area contributed by atoms with Gasteiger partial charge < -0.3 is 5.11 Å². The number of carbonyl (C=O) groups is 1. The highest BCUT2D eigenvalue weighted by atomic mass is 19.3. The summed E-state index contributed by atoms with van der Waals surface area (Å²) in [6, 6.07) is 3.21. The molecule has 1 rings (SSSR count). The first-order chi connectivity index (χ1) is 7.47. The molecule has 0 unspecified atom stereocenters. The van der Waals surface area contributed by atoms with E-state index in [0.29, 0.717) is 0 Å². The fourth-order valence-electron chi connectivity index (χ4n) is 1.23. The maximum absolute atomic E-state index is 13.3. The minimum absolute atomic E-state index is 0.114. The Hall–Kier alpha value is -2.03. The lowest BCUT2D eigenvalue weighted by Crippen LogP contribution is -2.05. The number of hydrogen-bond acceptors (Lipinski definition) is 2. The van der Waals surface area contributed by atoms with Crippen LogP contribution < -0.4 is 0 Å². The number of halogens is 3. The topological polar surface area (TPSA) is 61.1 Å². The SMILES string of the molecule is N#Cc1c(CC(=O)O)ccc(C(F)F)c1F. The van der Waals surface area contributed by atoms with Crippen molar-refractivity contribution in [2.75, 3.05) is 0 Å². The molecule has 0 spiro atoms. The third kappa shape index (κ3) is 2.31. The van der Waals surface area contributed by atoms with Crippen molar-refractivity contribution in [1.82, 2.24) is 0 Å². The maximum Gasteiger partial charge on any atom is 0.307 e. The smallest absolute Gasteiger partial charge is 0.307 e. The van der Waals surface area contributed by atoms with E-state index in [2.05, 4.69) is 0 Å². The van der Waals surface area contributed by atoms with Gasteiger partial charge in [-0.05, 0) is 5.56 Å². The second kappa shape index (κ2) is 4.66. The lowest BCUT2D eigenvalue weighted by molar-refractivity contribution is -0.136. The standard InChI is InChI=1S/C10H6F3NO2/c11-9-6(10(12)13)2-1-5(3-8(15)16)7(9)4-14/h1-2,10H,3H2,(H,15,16). The minimum Gasteiger partial charge on any atom is -0.481 e. The van der Waals surface area contributed by atoms with Crippen LogP contribution in [-0.4, -0.2) is 11.1 Å². The summed E-state index contributed by atoms with van der Waals surface area (Å²) in [5.74, 6) is -2.61. The van der Waals surface area contributed by atoms with Crippen LogP contribution in [0.15, 0.2) is 12.1 Å². The highest BCUT2D eigenvalue weighted by Gasteiger charge is 2.20. The molecule has 84 valence electrons. The summed E-state index contributed by atoms with van der Waals surface area (Å²) in [7, 11) is 0. The molecule has 0 atom stereocenters. The molecule has 0 aromatic heterocycles. The predicted octanol–water partition coefficient (Wildman–Crippen LogP) is 2.26. The molecule has 0 saturated heterocycles. The van der Waals surface area contributed by atoms with Crippen molar-refractivity contribution in [2.24, 2.45) is 0 Å². The minimum atomic E-state index is -3.04. The quantitative estimate of drug-likeness (QED) is 0.864. The van der Waals surface area contributed by atoms with Crippen molar-refractivity contribution in [3.05, 3.63) is 34.6 Å². The highest BCUT2D eigenvalue weighted by molar-refractivity contribution is 5.71. The Balaban J connectivity index is 3.31. The molecule has 0 heterocycles. The van der Waals surface area contributed by atoms with E-state index in [4.69, 9.17) is 10.4 Å². The average molecular weight is 229 g/mol. The fraction of sp³-hybridized carbons (Fsp3) is 0.200. The Morgan fingerprint density at radius 2 is 2.12 bits per heavy atom. The number of hydrogen-bond donors (Lipinski definition) is 1. The van der Waals surface area contributed by atoms with Crippen molar-refractivity contribution in [1.29, 1.82) is 5.26 Å². The molecular weight excluding hydrogens is 223 g/mol. The predicted molar refractivity (Wildman–Crippen MR) is 47.4 cm³/mol. The fourth-order valence-corrected chi connectivity index (χ4v) is 1.23. The van der Waals surface area contributed by atoms with Gasteiger partial charge in [0.1, 0.15) is 11.9 Å². The summed E-state index contributed by atoms with van der Waals surface area (Å²) in [4.78, 5) is 10.4. The van der Waals surface area contributed by atoms with Crippen molar-refractivity contribution < 1.29 is 23.1 Å². The first-order valence-corrected chi connectivity index (χ1v) is 4.18. The summed E-state index contributed by atoms with van der Waals surface area (Å²) in [5, 5.41) is 17.1. The first-order valence-electron chi connectivity index (χ1n) is 4.18. The number of benzene rings is 1. The van der Waals surface area contributed by atoms with Gasteiger partial charge in [0.15, 0.2) is 0 Å². The van der Waals surface area contributed by atoms with E-state index >= 15 is 0 Å². The zero-order valence-corrected chi connectivity index (χ0v) is 7.88. The van der Waals surface area contributed by atoms with Crippen molar-refractivity contribution >= 4 is 5.97 Å². The lowest BCUT2D eigenvalue weighted by Gasteiger charge is -2.06. The van der Waals surface area contributed by atoms with E-state index in [1.807, 2.05) is 0 Å². The van der Waals surface area contributed by atoms with Gasteiger partial charge in [0.2, 0.25) is 0 Å². The number of rotatable bonds is 3. The number of carboxylic acid groups (broad SMARTS) is 1. The van der Waals surface area contributed by atoms with E-state index in [9.17, 15) is 18.0 Å². The first kappa shape index (κ1) is 12.0. The normalized spacial score (nSPS) is 10.2. The monoisotopic (exact) mass is 229 g/mol. The molecular formula is C10H6F3NO2. The number of alkyl halides is 2. The van der Waals surface area contributed by atoms with E-state index < -0.39 is 35.8 Å². The maximum atomic E-state index is 13.3. The molecule has 0 aliphatic heterocycles. The van der Waals surface area contributed by atoms with E-state index in [1.54, 1.807) is 0 Å². The molecule has 0 aliphatic rings. The largest absolute Gasteiger partial charge is 0.481 e. The van der Waals surface area contributed by atoms with Gasteiger partial charge in [0.25, 0.3) is 6.43 Å². The molecule has 3 nitrogen and oxygen atoms in total. The van der Waals surface area contributed by atoms with Crippen LogP contribution in [-0.2, 0) is 11.2 Å². The summed E-state index contributed by atoms with van der Waals surface area (Å²) in [6.45, 7) is 0. The Labute approximate surface area is 88.7 Å². The molecule has 1 N–H and O–H groups in total. The molecule has 0 bridgehead atoms. The van der Waals surface area contributed by atoms with E-state index in [1.165, 1.54) is 6.07 Å². The Morgan fingerprint density at radius 1 is 1.50 bits per heavy atom. The summed E-state index contributed by atoms with van der Waals surface area (Å²) in [5.41, 5.74) is -1.65. The van der Waals surface area contributed by atoms with E-state index in [-0.39, 0.29) is 5.56 Å². The van der Waals surface area contributed by atoms with Gasteiger partial charge >= 0.3 is 5.97 Å². The molecule has 0 aliphatic carbocycles. The third-order valence-corrected chi connectivity index (χ3v) is 1.95. The van der Waals surface area contributed by atoms with Gasteiger partial charge in [0.05, 0.1) is 17.5 Å². The molecule has 1 aromatic carbocycles. The number of carboxylic acids is 1. The average Bonchev–Trinajstić information content (AvgIpc) is 2.16. The van der Waals surface area contributed by atoms with Crippen LogP contribution in [0.4, 0.5) is 13.2 Å². The van der Waals surface area contributed by atoms with Crippen LogP contribution in [0.1, 0.15) is 23.1 Å². The van der Waals surface area contributed by atoms with Crippen molar-refractivity contribution in [3.63, 3.8) is 0 Å². The van der Waals surface area contributed by atoms with Crippen LogP contribution in [0.5, 0.6) is 0 Å². The molecule has 0 fully saturated rings. The van der Waals surface area contributed by atoms with Crippen molar-refractivity contribution in [2.45, 2.75) is 12.8 Å². The molecule has 0 amide bonds. The Morgan fingerprint density at radius 3 is 2.56 bits per heavy atom. The Bertz CT molecular complexity index is 466. The highest BCUT2D eigenvalue weighted by Crippen LogP contribution is 2.26. The van der Waals surface area contributed by atoms with Crippen molar-refractivity contribution in [3.8, 4) is 6.07 Å². The molecule has 0 saturated carbocycles. The zero-order valence-electron chi connectivity index (χ0n) is 7.88. The zero-order chi connectivity index (χ0) is 12.3. The Kier molecular flexibility index (Phi) is 3.51. The van der Waals surface area contributed by atoms with Gasteiger partial charge in [-0.3, -0.25) is 4.79 Å². The summed E-state index contributed by atoms with van der Waals surface area (Å²) in [6.07, 6.45) is -3.62. The molecule has 0 radical (unpaired) electrons. The number of aliphatic carboxylic acids is 1. The van der Waals surface area contributed by atoms with Crippen LogP contribution in [0, 0.1) is 17.1 Å². The molecule has 16 heavy (non-hydrogen) atoms. The van der Waals surface area contributed by atoms with Gasteiger partial charge in [-0.25, -0.2) is 13.2 Å². The summed E-state index contributed by atoms with van der Waals surface area (Å²) < 4.78 is 37.9. The van der Waals surface area contributed by atoms with Gasteiger partial charge in [-0.15, -0.1) is 0 Å². The van der Waals surface area contributed by atoms with E-state index in [0.717, 1.165) is 12.1 Å².